The maximum atomic E-state index is 13.6. The van der Waals surface area contributed by atoms with Crippen LogP contribution in [0.15, 0.2) is 30.3 Å². The summed E-state index contributed by atoms with van der Waals surface area (Å²) in [5.41, 5.74) is 4.54. The van der Waals surface area contributed by atoms with E-state index in [1.54, 1.807) is 0 Å². The first-order chi connectivity index (χ1) is 18.8. The SMILES string of the molecule is CCCCOC(=O)C(CC(CC(C)(C)C(=O)O)C(N)=O)CC(C)(CC(CC)c1ccccc1)C(=O)OCCCC. The van der Waals surface area contributed by atoms with Crippen LogP contribution in [0.5, 0.6) is 0 Å². The molecule has 1 aromatic carbocycles. The molecular weight excluding hydrogens is 510 g/mol. The number of amides is 1. The van der Waals surface area contributed by atoms with Crippen molar-refractivity contribution in [2.45, 2.75) is 105 Å². The summed E-state index contributed by atoms with van der Waals surface area (Å²) >= 11 is 0. The molecule has 0 spiro atoms. The van der Waals surface area contributed by atoms with Gasteiger partial charge in [-0.2, -0.15) is 0 Å². The molecule has 0 aromatic heterocycles. The molecule has 0 heterocycles. The van der Waals surface area contributed by atoms with E-state index in [9.17, 15) is 24.3 Å². The van der Waals surface area contributed by atoms with Gasteiger partial charge in [-0.05, 0) is 77.2 Å². The molecule has 8 nitrogen and oxygen atoms in total. The Bertz CT molecular complexity index is 946. The van der Waals surface area contributed by atoms with Crippen LogP contribution in [0.3, 0.4) is 0 Å². The molecule has 1 rings (SSSR count). The topological polar surface area (TPSA) is 133 Å². The third-order valence-corrected chi connectivity index (χ3v) is 7.76. The van der Waals surface area contributed by atoms with E-state index in [1.807, 2.05) is 51.1 Å². The number of rotatable bonds is 20. The second-order valence-electron chi connectivity index (χ2n) is 11.9. The number of hydrogen-bond acceptors (Lipinski definition) is 6. The number of esters is 2. The first kappa shape index (κ1) is 35.1. The highest BCUT2D eigenvalue weighted by Crippen LogP contribution is 2.42. The van der Waals surface area contributed by atoms with E-state index in [2.05, 4.69) is 6.92 Å². The Balaban J connectivity index is 3.44. The van der Waals surface area contributed by atoms with Crippen LogP contribution in [0, 0.1) is 22.7 Å². The summed E-state index contributed by atoms with van der Waals surface area (Å²) in [6, 6.07) is 9.93. The predicted octanol–water partition coefficient (Wildman–Crippen LogP) is 6.26. The number of hydrogen-bond donors (Lipinski definition) is 2. The lowest BCUT2D eigenvalue weighted by Crippen LogP contribution is -2.39. The fourth-order valence-electron chi connectivity index (χ4n) is 5.09. The molecule has 0 fully saturated rings. The van der Waals surface area contributed by atoms with E-state index in [-0.39, 0.29) is 44.4 Å². The summed E-state index contributed by atoms with van der Waals surface area (Å²) in [4.78, 5) is 51.3. The maximum Gasteiger partial charge on any atom is 0.311 e. The summed E-state index contributed by atoms with van der Waals surface area (Å²) in [6.07, 6.45) is 4.42. The number of carboxylic acids is 1. The van der Waals surface area contributed by atoms with Crippen LogP contribution in [-0.4, -0.2) is 42.1 Å². The molecule has 1 amide bonds. The molecule has 4 atom stereocenters. The smallest absolute Gasteiger partial charge is 0.311 e. The van der Waals surface area contributed by atoms with Gasteiger partial charge in [0.15, 0.2) is 0 Å². The van der Waals surface area contributed by atoms with E-state index < -0.39 is 40.5 Å². The third kappa shape index (κ3) is 11.3. The van der Waals surface area contributed by atoms with Gasteiger partial charge in [0.05, 0.1) is 30.0 Å². The highest BCUT2D eigenvalue weighted by atomic mass is 16.5. The number of benzene rings is 1. The molecule has 0 radical (unpaired) electrons. The number of carbonyl (C=O) groups is 4. The van der Waals surface area contributed by atoms with Gasteiger partial charge in [-0.3, -0.25) is 19.2 Å². The van der Waals surface area contributed by atoms with Crippen molar-refractivity contribution in [2.75, 3.05) is 13.2 Å². The lowest BCUT2D eigenvalue weighted by atomic mass is 9.70. The number of primary amides is 1. The number of carboxylic acid groups (broad SMARTS) is 1. The van der Waals surface area contributed by atoms with Gasteiger partial charge in [-0.15, -0.1) is 0 Å². The summed E-state index contributed by atoms with van der Waals surface area (Å²) in [7, 11) is 0. The number of nitrogens with two attached hydrogens (primary N) is 1. The van der Waals surface area contributed by atoms with Gasteiger partial charge in [-0.1, -0.05) is 63.9 Å². The van der Waals surface area contributed by atoms with Gasteiger partial charge in [-0.25, -0.2) is 0 Å². The van der Waals surface area contributed by atoms with Crippen LogP contribution in [0.4, 0.5) is 0 Å². The normalized spacial score (nSPS) is 15.3. The molecule has 0 aliphatic heterocycles. The highest BCUT2D eigenvalue weighted by molar-refractivity contribution is 5.81. The Labute approximate surface area is 240 Å². The predicted molar refractivity (Wildman–Crippen MR) is 155 cm³/mol. The quantitative estimate of drug-likeness (QED) is 0.142. The molecule has 0 aliphatic rings. The second kappa shape index (κ2) is 17.0. The van der Waals surface area contributed by atoms with Crippen LogP contribution in [0.2, 0.25) is 0 Å². The molecule has 8 heteroatoms. The summed E-state index contributed by atoms with van der Waals surface area (Å²) in [5, 5.41) is 9.65. The highest BCUT2D eigenvalue weighted by Gasteiger charge is 2.43. The van der Waals surface area contributed by atoms with Gasteiger partial charge in [0.1, 0.15) is 0 Å². The molecule has 0 bridgehead atoms. The number of aliphatic carboxylic acids is 1. The number of carbonyl (C=O) groups excluding carboxylic acids is 3. The molecule has 1 aromatic rings. The van der Waals surface area contributed by atoms with Gasteiger partial charge in [0.2, 0.25) is 5.91 Å². The van der Waals surface area contributed by atoms with Gasteiger partial charge >= 0.3 is 17.9 Å². The van der Waals surface area contributed by atoms with Crippen molar-refractivity contribution < 1.29 is 33.8 Å². The zero-order valence-electron chi connectivity index (χ0n) is 25.4. The summed E-state index contributed by atoms with van der Waals surface area (Å²) in [6.45, 7) is 11.5. The molecule has 0 aliphatic carbocycles. The molecular formula is C32H51NO7. The maximum absolute atomic E-state index is 13.6. The average Bonchev–Trinajstić information content (AvgIpc) is 2.91. The lowest BCUT2D eigenvalue weighted by Gasteiger charge is -2.35. The third-order valence-electron chi connectivity index (χ3n) is 7.76. The van der Waals surface area contributed by atoms with Crippen molar-refractivity contribution in [1.82, 2.24) is 0 Å². The Morgan fingerprint density at radius 2 is 1.43 bits per heavy atom. The fraction of sp³-hybridized carbons (Fsp3) is 0.688. The minimum absolute atomic E-state index is 0.00302. The average molecular weight is 562 g/mol. The van der Waals surface area contributed by atoms with Crippen LogP contribution < -0.4 is 5.73 Å². The van der Waals surface area contributed by atoms with Gasteiger partial charge < -0.3 is 20.3 Å². The monoisotopic (exact) mass is 561 g/mol. The van der Waals surface area contributed by atoms with Gasteiger partial charge in [0.25, 0.3) is 0 Å². The molecule has 0 saturated carbocycles. The van der Waals surface area contributed by atoms with Crippen LogP contribution in [-0.2, 0) is 28.7 Å². The standard InChI is InChI=1S/C32H51NO7/c1-7-10-17-39-28(35)26(19-25(27(33)34)20-31(4,5)29(36)37)22-32(6,30(38)40-18-11-8-2)21-23(9-3)24-15-13-12-14-16-24/h12-16,23,25-26H,7-11,17-22H2,1-6H3,(H2,33,34)(H,36,37). The fourth-order valence-corrected chi connectivity index (χ4v) is 5.09. The molecule has 226 valence electrons. The Kier molecular flexibility index (Phi) is 15.0. The van der Waals surface area contributed by atoms with Crippen LogP contribution in [0.25, 0.3) is 0 Å². The van der Waals surface area contributed by atoms with E-state index in [0.29, 0.717) is 12.8 Å². The number of ether oxygens (including phenoxy) is 2. The lowest BCUT2D eigenvalue weighted by molar-refractivity contribution is -0.160. The Morgan fingerprint density at radius 1 is 0.850 bits per heavy atom. The van der Waals surface area contributed by atoms with E-state index in [4.69, 9.17) is 15.2 Å². The van der Waals surface area contributed by atoms with E-state index in [0.717, 1.165) is 31.2 Å². The van der Waals surface area contributed by atoms with E-state index in [1.165, 1.54) is 13.8 Å². The molecule has 3 N–H and O–H groups in total. The molecule has 4 unspecified atom stereocenters. The van der Waals surface area contributed by atoms with Crippen molar-refractivity contribution in [2.24, 2.45) is 28.4 Å². The minimum atomic E-state index is -1.22. The Hall–Kier alpha value is -2.90. The largest absolute Gasteiger partial charge is 0.481 e. The summed E-state index contributed by atoms with van der Waals surface area (Å²) < 4.78 is 11.3. The Morgan fingerprint density at radius 3 is 1.93 bits per heavy atom. The molecule has 0 saturated heterocycles. The van der Waals surface area contributed by atoms with Crippen LogP contribution >= 0.6 is 0 Å². The van der Waals surface area contributed by atoms with Crippen molar-refractivity contribution in [3.63, 3.8) is 0 Å². The second-order valence-corrected chi connectivity index (χ2v) is 11.9. The first-order valence-corrected chi connectivity index (χ1v) is 14.7. The zero-order valence-corrected chi connectivity index (χ0v) is 25.4. The molecule has 40 heavy (non-hydrogen) atoms. The first-order valence-electron chi connectivity index (χ1n) is 14.7. The number of unbranched alkanes of at least 4 members (excludes halogenated alkanes) is 2. The van der Waals surface area contributed by atoms with Crippen LogP contribution in [0.1, 0.15) is 111 Å². The van der Waals surface area contributed by atoms with Crippen molar-refractivity contribution >= 4 is 23.8 Å². The van der Waals surface area contributed by atoms with Crippen molar-refractivity contribution in [3.8, 4) is 0 Å². The van der Waals surface area contributed by atoms with Gasteiger partial charge in [0, 0.05) is 5.92 Å². The minimum Gasteiger partial charge on any atom is -0.481 e. The van der Waals surface area contributed by atoms with Crippen molar-refractivity contribution in [3.05, 3.63) is 35.9 Å². The van der Waals surface area contributed by atoms with E-state index >= 15 is 0 Å². The summed E-state index contributed by atoms with van der Waals surface area (Å²) in [5.74, 6) is -4.30. The van der Waals surface area contributed by atoms with Crippen molar-refractivity contribution in [1.29, 1.82) is 0 Å². The zero-order chi connectivity index (χ0) is 30.3.